The molecular formula is C14H17N3O. The molecule has 0 fully saturated rings. The van der Waals surface area contributed by atoms with Crippen LogP contribution in [0.25, 0.3) is 0 Å². The molecule has 2 rings (SSSR count). The minimum atomic E-state index is -0.155. The van der Waals surface area contributed by atoms with Gasteiger partial charge in [0, 0.05) is 5.69 Å². The second kappa shape index (κ2) is 5.04. The van der Waals surface area contributed by atoms with E-state index in [2.05, 4.69) is 29.4 Å². The molecule has 0 saturated heterocycles. The number of aromatic nitrogens is 2. The highest BCUT2D eigenvalue weighted by Gasteiger charge is 2.13. The molecule has 0 unspecified atom stereocenters. The summed E-state index contributed by atoms with van der Waals surface area (Å²) in [4.78, 5) is 12.1. The van der Waals surface area contributed by atoms with Crippen molar-refractivity contribution in [3.05, 3.63) is 47.3 Å². The third-order valence-corrected chi connectivity index (χ3v) is 2.89. The smallest absolute Gasteiger partial charge is 0.273 e. The quantitative estimate of drug-likeness (QED) is 0.870. The maximum absolute atomic E-state index is 12.1. The number of carbonyl (C=O) groups is 1. The monoisotopic (exact) mass is 243 g/mol. The summed E-state index contributed by atoms with van der Waals surface area (Å²) in [6.45, 7) is 6.06. The van der Waals surface area contributed by atoms with Crippen LogP contribution in [0, 0.1) is 6.92 Å². The zero-order chi connectivity index (χ0) is 13.1. The van der Waals surface area contributed by atoms with Gasteiger partial charge in [0.15, 0.2) is 0 Å². The van der Waals surface area contributed by atoms with Gasteiger partial charge in [-0.15, -0.1) is 0 Å². The molecule has 1 heterocycles. The van der Waals surface area contributed by atoms with Gasteiger partial charge in [0.05, 0.1) is 6.20 Å². The van der Waals surface area contributed by atoms with Crippen molar-refractivity contribution in [1.82, 2.24) is 10.2 Å². The van der Waals surface area contributed by atoms with E-state index in [0.717, 1.165) is 16.8 Å². The third-order valence-electron chi connectivity index (χ3n) is 2.89. The first-order valence-electron chi connectivity index (χ1n) is 6.00. The number of amides is 1. The van der Waals surface area contributed by atoms with Crippen LogP contribution in [0.3, 0.4) is 0 Å². The van der Waals surface area contributed by atoms with Crippen LogP contribution < -0.4 is 5.32 Å². The van der Waals surface area contributed by atoms with Gasteiger partial charge < -0.3 is 5.32 Å². The fraction of sp³-hybridized carbons (Fsp3) is 0.286. The fourth-order valence-electron chi connectivity index (χ4n) is 1.88. The van der Waals surface area contributed by atoms with Gasteiger partial charge in [-0.05, 0) is 30.0 Å². The summed E-state index contributed by atoms with van der Waals surface area (Å²) in [5.41, 5.74) is 3.33. The zero-order valence-electron chi connectivity index (χ0n) is 10.8. The van der Waals surface area contributed by atoms with Gasteiger partial charge in [-0.1, -0.05) is 32.0 Å². The van der Waals surface area contributed by atoms with Crippen LogP contribution in [0.5, 0.6) is 0 Å². The Kier molecular flexibility index (Phi) is 3.46. The number of para-hydroxylation sites is 1. The highest BCUT2D eigenvalue weighted by molar-refractivity contribution is 6.04. The highest BCUT2D eigenvalue weighted by atomic mass is 16.1. The largest absolute Gasteiger partial charge is 0.320 e. The average molecular weight is 243 g/mol. The minimum absolute atomic E-state index is 0.155. The number of hydrogen-bond donors (Lipinski definition) is 2. The Labute approximate surface area is 106 Å². The lowest BCUT2D eigenvalue weighted by atomic mass is 10.0. The average Bonchev–Trinajstić information content (AvgIpc) is 2.76. The number of benzene rings is 1. The first-order chi connectivity index (χ1) is 8.59. The Morgan fingerprint density at radius 3 is 2.67 bits per heavy atom. The van der Waals surface area contributed by atoms with E-state index in [-0.39, 0.29) is 5.91 Å². The number of aryl methyl sites for hydroxylation is 1. The predicted octanol–water partition coefficient (Wildman–Crippen LogP) is 3.09. The molecule has 1 aromatic heterocycles. The van der Waals surface area contributed by atoms with Crippen LogP contribution >= 0.6 is 0 Å². The van der Waals surface area contributed by atoms with Crippen molar-refractivity contribution in [2.24, 2.45) is 0 Å². The number of H-pyrrole nitrogens is 1. The molecule has 2 N–H and O–H groups in total. The van der Waals surface area contributed by atoms with Gasteiger partial charge in [0.1, 0.15) is 5.69 Å². The molecule has 0 atom stereocenters. The molecule has 0 radical (unpaired) electrons. The number of rotatable bonds is 3. The number of hydrogen-bond acceptors (Lipinski definition) is 2. The summed E-state index contributed by atoms with van der Waals surface area (Å²) in [5, 5.41) is 9.49. The van der Waals surface area contributed by atoms with Gasteiger partial charge in [0.2, 0.25) is 0 Å². The lowest BCUT2D eigenvalue weighted by Gasteiger charge is -2.13. The van der Waals surface area contributed by atoms with E-state index in [1.165, 1.54) is 0 Å². The summed E-state index contributed by atoms with van der Waals surface area (Å²) in [6.07, 6.45) is 1.64. The SMILES string of the molecule is Cc1cn[nH]c1C(=O)Nc1ccccc1C(C)C. The molecule has 0 spiro atoms. The minimum Gasteiger partial charge on any atom is -0.320 e. The van der Waals surface area contributed by atoms with Crippen LogP contribution in [0.15, 0.2) is 30.5 Å². The van der Waals surface area contributed by atoms with Gasteiger partial charge in [-0.3, -0.25) is 9.89 Å². The molecule has 1 amide bonds. The molecule has 18 heavy (non-hydrogen) atoms. The van der Waals surface area contributed by atoms with Crippen LogP contribution in [-0.4, -0.2) is 16.1 Å². The number of nitrogens with zero attached hydrogens (tertiary/aromatic N) is 1. The van der Waals surface area contributed by atoms with Crippen molar-refractivity contribution in [1.29, 1.82) is 0 Å². The van der Waals surface area contributed by atoms with E-state index in [1.807, 2.05) is 31.2 Å². The van der Waals surface area contributed by atoms with E-state index in [1.54, 1.807) is 6.20 Å². The Bertz CT molecular complexity index is 558. The second-order valence-corrected chi connectivity index (χ2v) is 4.62. The maximum Gasteiger partial charge on any atom is 0.273 e. The van der Waals surface area contributed by atoms with Crippen molar-refractivity contribution in [3.63, 3.8) is 0 Å². The molecule has 0 aliphatic carbocycles. The first-order valence-corrected chi connectivity index (χ1v) is 6.00. The Morgan fingerprint density at radius 2 is 2.06 bits per heavy atom. The number of carbonyl (C=O) groups excluding carboxylic acids is 1. The predicted molar refractivity (Wildman–Crippen MR) is 71.8 cm³/mol. The third kappa shape index (κ3) is 2.42. The summed E-state index contributed by atoms with van der Waals surface area (Å²) >= 11 is 0. The van der Waals surface area contributed by atoms with Crippen LogP contribution in [0.2, 0.25) is 0 Å². The molecule has 2 aromatic rings. The number of aromatic amines is 1. The lowest BCUT2D eigenvalue weighted by molar-refractivity contribution is 0.102. The summed E-state index contributed by atoms with van der Waals surface area (Å²) in [7, 11) is 0. The van der Waals surface area contributed by atoms with Gasteiger partial charge >= 0.3 is 0 Å². The topological polar surface area (TPSA) is 57.8 Å². The zero-order valence-corrected chi connectivity index (χ0v) is 10.8. The number of anilines is 1. The molecule has 0 saturated carbocycles. The summed E-state index contributed by atoms with van der Waals surface area (Å²) < 4.78 is 0. The normalized spacial score (nSPS) is 10.7. The van der Waals surface area contributed by atoms with E-state index in [9.17, 15) is 4.79 Å². The van der Waals surface area contributed by atoms with Crippen LogP contribution in [0.1, 0.15) is 41.4 Å². The van der Waals surface area contributed by atoms with Crippen molar-refractivity contribution >= 4 is 11.6 Å². The molecule has 0 aliphatic heterocycles. The molecule has 4 nitrogen and oxygen atoms in total. The maximum atomic E-state index is 12.1. The molecular weight excluding hydrogens is 226 g/mol. The van der Waals surface area contributed by atoms with Crippen LogP contribution in [-0.2, 0) is 0 Å². The fourth-order valence-corrected chi connectivity index (χ4v) is 1.88. The van der Waals surface area contributed by atoms with Crippen molar-refractivity contribution < 1.29 is 4.79 Å². The second-order valence-electron chi connectivity index (χ2n) is 4.62. The van der Waals surface area contributed by atoms with Gasteiger partial charge in [0.25, 0.3) is 5.91 Å². The molecule has 0 aliphatic rings. The van der Waals surface area contributed by atoms with E-state index >= 15 is 0 Å². The Hall–Kier alpha value is -2.10. The Balaban J connectivity index is 2.25. The van der Waals surface area contributed by atoms with Crippen LogP contribution in [0.4, 0.5) is 5.69 Å². The van der Waals surface area contributed by atoms with Crippen molar-refractivity contribution in [3.8, 4) is 0 Å². The molecule has 0 bridgehead atoms. The number of nitrogens with one attached hydrogen (secondary N) is 2. The first kappa shape index (κ1) is 12.4. The van der Waals surface area contributed by atoms with Crippen molar-refractivity contribution in [2.45, 2.75) is 26.7 Å². The van der Waals surface area contributed by atoms with E-state index in [0.29, 0.717) is 11.6 Å². The van der Waals surface area contributed by atoms with E-state index in [4.69, 9.17) is 0 Å². The van der Waals surface area contributed by atoms with Gasteiger partial charge in [-0.25, -0.2) is 0 Å². The van der Waals surface area contributed by atoms with E-state index < -0.39 is 0 Å². The molecule has 94 valence electrons. The highest BCUT2D eigenvalue weighted by Crippen LogP contribution is 2.24. The summed E-state index contributed by atoms with van der Waals surface area (Å²) in [5.74, 6) is 0.211. The molecule has 1 aromatic carbocycles. The Morgan fingerprint density at radius 1 is 1.33 bits per heavy atom. The van der Waals surface area contributed by atoms with Gasteiger partial charge in [-0.2, -0.15) is 5.10 Å². The molecule has 4 heteroatoms. The summed E-state index contributed by atoms with van der Waals surface area (Å²) in [6, 6.07) is 7.84. The van der Waals surface area contributed by atoms with Crippen molar-refractivity contribution in [2.75, 3.05) is 5.32 Å². The standard InChI is InChI=1S/C14H17N3O/c1-9(2)11-6-4-5-7-12(11)16-14(18)13-10(3)8-15-17-13/h4-9H,1-3H3,(H,15,17)(H,16,18). The lowest BCUT2D eigenvalue weighted by Crippen LogP contribution is -2.15.